The highest BCUT2D eigenvalue weighted by Crippen LogP contribution is 1.96. The van der Waals surface area contributed by atoms with Gasteiger partial charge in [-0.1, -0.05) is 32.2 Å². The first-order valence-corrected chi connectivity index (χ1v) is 6.58. The van der Waals surface area contributed by atoms with Crippen LogP contribution in [0.15, 0.2) is 37.5 Å². The lowest BCUT2D eigenvalue weighted by Gasteiger charge is -2.19. The van der Waals surface area contributed by atoms with E-state index in [1.165, 1.54) is 12.2 Å². The second-order valence-corrected chi connectivity index (χ2v) is 4.04. The molecule has 19 heavy (non-hydrogen) atoms. The van der Waals surface area contributed by atoms with Gasteiger partial charge in [-0.25, -0.2) is 0 Å². The van der Waals surface area contributed by atoms with Gasteiger partial charge in [-0.2, -0.15) is 0 Å². The molecule has 2 amide bonds. The monoisotopic (exact) mass is 264 g/mol. The van der Waals surface area contributed by atoms with Crippen molar-refractivity contribution in [3.05, 3.63) is 37.5 Å². The van der Waals surface area contributed by atoms with Gasteiger partial charge >= 0.3 is 0 Å². The molecule has 0 fully saturated rings. The van der Waals surface area contributed by atoms with Crippen LogP contribution in [0.25, 0.3) is 0 Å². The lowest BCUT2D eigenvalue weighted by molar-refractivity contribution is -0.126. The van der Waals surface area contributed by atoms with Crippen molar-refractivity contribution in [2.75, 3.05) is 26.2 Å². The summed E-state index contributed by atoms with van der Waals surface area (Å²) in [5.41, 5.74) is 0. The van der Waals surface area contributed by atoms with Gasteiger partial charge in [0.2, 0.25) is 11.8 Å². The Labute approximate surface area is 116 Å². The predicted octanol–water partition coefficient (Wildman–Crippen LogP) is 2.00. The zero-order valence-electron chi connectivity index (χ0n) is 12.0. The van der Waals surface area contributed by atoms with Gasteiger partial charge in [0.25, 0.3) is 0 Å². The van der Waals surface area contributed by atoms with Crippen molar-refractivity contribution in [1.82, 2.24) is 9.80 Å². The molecule has 0 aliphatic carbocycles. The summed E-state index contributed by atoms with van der Waals surface area (Å²) in [6.45, 7) is 13.3. The van der Waals surface area contributed by atoms with Crippen molar-refractivity contribution in [2.24, 2.45) is 0 Å². The largest absolute Gasteiger partial charge is 0.336 e. The molecule has 0 heterocycles. The van der Waals surface area contributed by atoms with E-state index in [4.69, 9.17) is 0 Å². The Morgan fingerprint density at radius 3 is 1.84 bits per heavy atom. The van der Waals surface area contributed by atoms with E-state index in [1.54, 1.807) is 9.80 Å². The third kappa shape index (κ3) is 6.60. The molecule has 4 heteroatoms. The summed E-state index contributed by atoms with van der Waals surface area (Å²) in [5, 5.41) is 0. The molecule has 0 saturated carbocycles. The summed E-state index contributed by atoms with van der Waals surface area (Å²) in [6.07, 6.45) is 7.33. The molecular weight excluding hydrogens is 240 g/mol. The SMILES string of the molecule is C=CC(=O)N(CC)C/C=C/CN(CCC)C(=O)C=C. The van der Waals surface area contributed by atoms with Crippen LogP contribution in [0.3, 0.4) is 0 Å². The van der Waals surface area contributed by atoms with Crippen LogP contribution in [0.1, 0.15) is 20.3 Å². The number of hydrogen-bond donors (Lipinski definition) is 0. The molecule has 0 aromatic rings. The van der Waals surface area contributed by atoms with Crippen LogP contribution in [0.2, 0.25) is 0 Å². The number of amides is 2. The van der Waals surface area contributed by atoms with E-state index in [-0.39, 0.29) is 11.8 Å². The minimum atomic E-state index is -0.0836. The maximum absolute atomic E-state index is 11.5. The van der Waals surface area contributed by atoms with Crippen molar-refractivity contribution < 1.29 is 9.59 Å². The van der Waals surface area contributed by atoms with Gasteiger partial charge in [0, 0.05) is 26.2 Å². The van der Waals surface area contributed by atoms with E-state index in [1.807, 2.05) is 26.0 Å². The Bertz CT molecular complexity index is 348. The first-order valence-electron chi connectivity index (χ1n) is 6.58. The molecule has 4 nitrogen and oxygen atoms in total. The van der Waals surface area contributed by atoms with Crippen LogP contribution >= 0.6 is 0 Å². The van der Waals surface area contributed by atoms with Crippen molar-refractivity contribution >= 4 is 11.8 Å². The number of carbonyl (C=O) groups excluding carboxylic acids is 2. The standard InChI is InChI=1S/C15H24N2O2/c1-5-11-17(15(19)7-3)13-10-9-12-16(8-4)14(18)6-2/h6-7,9-10H,2-3,5,8,11-13H2,1,4H3/b10-9+. The molecular formula is C15H24N2O2. The molecule has 0 saturated heterocycles. The molecule has 0 unspecified atom stereocenters. The average molecular weight is 264 g/mol. The van der Waals surface area contributed by atoms with Gasteiger partial charge in [-0.3, -0.25) is 9.59 Å². The van der Waals surface area contributed by atoms with Crippen LogP contribution < -0.4 is 0 Å². The lowest BCUT2D eigenvalue weighted by Crippen LogP contribution is -2.31. The molecule has 0 aromatic carbocycles. The topological polar surface area (TPSA) is 40.6 Å². The number of carbonyl (C=O) groups is 2. The Balaban J connectivity index is 4.31. The maximum Gasteiger partial charge on any atom is 0.246 e. The molecule has 0 bridgehead atoms. The normalized spacial score (nSPS) is 10.2. The van der Waals surface area contributed by atoms with Crippen molar-refractivity contribution in [3.8, 4) is 0 Å². The van der Waals surface area contributed by atoms with E-state index in [9.17, 15) is 9.59 Å². The van der Waals surface area contributed by atoms with Crippen molar-refractivity contribution in [3.63, 3.8) is 0 Å². The Morgan fingerprint density at radius 2 is 1.42 bits per heavy atom. The highest BCUT2D eigenvalue weighted by atomic mass is 16.2. The zero-order chi connectivity index (χ0) is 14.7. The van der Waals surface area contributed by atoms with Crippen LogP contribution in [0.5, 0.6) is 0 Å². The van der Waals surface area contributed by atoms with E-state index >= 15 is 0 Å². The fourth-order valence-corrected chi connectivity index (χ4v) is 1.60. The summed E-state index contributed by atoms with van der Waals surface area (Å²) >= 11 is 0. The number of hydrogen-bond acceptors (Lipinski definition) is 2. The quantitative estimate of drug-likeness (QED) is 0.472. The molecule has 0 rings (SSSR count). The second-order valence-electron chi connectivity index (χ2n) is 4.04. The minimum Gasteiger partial charge on any atom is -0.336 e. The molecule has 106 valence electrons. The Hall–Kier alpha value is -1.84. The van der Waals surface area contributed by atoms with Gasteiger partial charge < -0.3 is 9.80 Å². The van der Waals surface area contributed by atoms with Crippen LogP contribution in [-0.4, -0.2) is 47.8 Å². The Kier molecular flexibility index (Phi) is 9.14. The fourth-order valence-electron chi connectivity index (χ4n) is 1.60. The fraction of sp³-hybridized carbons (Fsp3) is 0.467. The molecule has 0 aromatic heterocycles. The van der Waals surface area contributed by atoms with Crippen LogP contribution in [0, 0.1) is 0 Å². The molecule has 0 atom stereocenters. The van der Waals surface area contributed by atoms with Gasteiger partial charge in [0.1, 0.15) is 0 Å². The summed E-state index contributed by atoms with van der Waals surface area (Å²) in [4.78, 5) is 26.3. The summed E-state index contributed by atoms with van der Waals surface area (Å²) < 4.78 is 0. The summed E-state index contributed by atoms with van der Waals surface area (Å²) in [7, 11) is 0. The summed E-state index contributed by atoms with van der Waals surface area (Å²) in [6, 6.07) is 0. The third-order valence-corrected chi connectivity index (χ3v) is 2.67. The van der Waals surface area contributed by atoms with E-state index in [0.29, 0.717) is 26.2 Å². The minimum absolute atomic E-state index is 0.0685. The third-order valence-electron chi connectivity index (χ3n) is 2.67. The number of nitrogens with zero attached hydrogens (tertiary/aromatic N) is 2. The Morgan fingerprint density at radius 1 is 0.947 bits per heavy atom. The lowest BCUT2D eigenvalue weighted by atomic mass is 10.3. The van der Waals surface area contributed by atoms with E-state index in [0.717, 1.165) is 6.42 Å². The number of rotatable bonds is 9. The average Bonchev–Trinajstić information content (AvgIpc) is 2.44. The van der Waals surface area contributed by atoms with Gasteiger partial charge in [0.05, 0.1) is 0 Å². The van der Waals surface area contributed by atoms with Crippen molar-refractivity contribution in [1.29, 1.82) is 0 Å². The number of likely N-dealkylation sites (N-methyl/N-ethyl adjacent to an activating group) is 1. The van der Waals surface area contributed by atoms with Crippen LogP contribution in [-0.2, 0) is 9.59 Å². The molecule has 0 radical (unpaired) electrons. The predicted molar refractivity (Wildman–Crippen MR) is 78.7 cm³/mol. The molecule has 0 N–H and O–H groups in total. The summed E-state index contributed by atoms with van der Waals surface area (Å²) in [5.74, 6) is -0.152. The zero-order valence-corrected chi connectivity index (χ0v) is 12.0. The van der Waals surface area contributed by atoms with Gasteiger partial charge in [-0.05, 0) is 25.5 Å². The highest BCUT2D eigenvalue weighted by molar-refractivity contribution is 5.87. The molecule has 0 aliphatic rings. The second kappa shape index (κ2) is 10.1. The molecule has 0 aliphatic heterocycles. The molecule has 0 spiro atoms. The van der Waals surface area contributed by atoms with E-state index in [2.05, 4.69) is 13.2 Å². The smallest absolute Gasteiger partial charge is 0.246 e. The van der Waals surface area contributed by atoms with Gasteiger partial charge in [0.15, 0.2) is 0 Å². The van der Waals surface area contributed by atoms with Crippen LogP contribution in [0.4, 0.5) is 0 Å². The van der Waals surface area contributed by atoms with E-state index < -0.39 is 0 Å². The first-order chi connectivity index (χ1) is 9.10. The maximum atomic E-state index is 11.5. The first kappa shape index (κ1) is 17.2. The highest BCUT2D eigenvalue weighted by Gasteiger charge is 2.07. The van der Waals surface area contributed by atoms with Gasteiger partial charge in [-0.15, -0.1) is 0 Å². The van der Waals surface area contributed by atoms with Crippen molar-refractivity contribution in [2.45, 2.75) is 20.3 Å².